The molecule has 0 unspecified atom stereocenters. The maximum absolute atomic E-state index is 13.3. The molecule has 5 rings (SSSR count). The highest BCUT2D eigenvalue weighted by Crippen LogP contribution is 2.34. The van der Waals surface area contributed by atoms with Gasteiger partial charge < -0.3 is 0 Å². The molecular weight excluding hydrogens is 492 g/mol. The second-order valence-corrected chi connectivity index (χ2v) is 11.1. The number of sulfonamides is 1. The lowest BCUT2D eigenvalue weighted by Crippen LogP contribution is -2.26. The molecule has 1 aromatic heterocycles. The van der Waals surface area contributed by atoms with Crippen molar-refractivity contribution in [1.29, 1.82) is 5.26 Å². The summed E-state index contributed by atoms with van der Waals surface area (Å²) in [4.78, 5) is 5.16. The molecule has 0 aliphatic rings. The van der Waals surface area contributed by atoms with Gasteiger partial charge in [0.05, 0.1) is 38.9 Å². The second-order valence-electron chi connectivity index (χ2n) is 9.18. The number of rotatable bonds is 7. The largest absolute Gasteiger partial charge is 0.296 e. The van der Waals surface area contributed by atoms with E-state index in [2.05, 4.69) is 24.5 Å². The van der Waals surface area contributed by atoms with Gasteiger partial charge in [-0.2, -0.15) is 5.26 Å². The van der Waals surface area contributed by atoms with Gasteiger partial charge in [-0.3, -0.25) is 8.87 Å². The fourth-order valence-corrected chi connectivity index (χ4v) is 6.04. The number of aryl methyl sites for hydroxylation is 1. The Morgan fingerprint density at radius 2 is 1.63 bits per heavy atom. The second kappa shape index (κ2) is 10.2. The zero-order chi connectivity index (χ0) is 26.9. The van der Waals surface area contributed by atoms with Crippen molar-refractivity contribution in [1.82, 2.24) is 9.55 Å². The third-order valence-electron chi connectivity index (χ3n) is 6.83. The van der Waals surface area contributed by atoms with Crippen LogP contribution in [0, 0.1) is 18.3 Å². The first-order valence-corrected chi connectivity index (χ1v) is 14.0. The van der Waals surface area contributed by atoms with E-state index in [0.29, 0.717) is 11.3 Å². The predicted octanol–water partition coefficient (Wildman–Crippen LogP) is 6.65. The van der Waals surface area contributed by atoms with Crippen LogP contribution in [-0.2, 0) is 16.4 Å². The lowest BCUT2D eigenvalue weighted by molar-refractivity contribution is 0.594. The Bertz CT molecular complexity index is 1780. The molecule has 0 atom stereocenters. The van der Waals surface area contributed by atoms with E-state index in [1.165, 1.54) is 4.31 Å². The van der Waals surface area contributed by atoms with Crippen molar-refractivity contribution in [3.8, 4) is 22.9 Å². The molecule has 0 aliphatic carbocycles. The number of aromatic nitrogens is 2. The zero-order valence-electron chi connectivity index (χ0n) is 21.6. The van der Waals surface area contributed by atoms with Crippen molar-refractivity contribution in [2.45, 2.75) is 31.6 Å². The monoisotopic (exact) mass is 520 g/mol. The maximum Gasteiger partial charge on any atom is 0.264 e. The van der Waals surface area contributed by atoms with Gasteiger partial charge in [-0.1, -0.05) is 55.5 Å². The molecule has 6 nitrogen and oxygen atoms in total. The molecule has 0 N–H and O–H groups in total. The molecule has 5 aromatic rings. The van der Waals surface area contributed by atoms with Gasteiger partial charge >= 0.3 is 0 Å². The molecule has 4 aromatic carbocycles. The van der Waals surface area contributed by atoms with Crippen molar-refractivity contribution in [3.05, 3.63) is 108 Å². The van der Waals surface area contributed by atoms with Crippen molar-refractivity contribution in [3.63, 3.8) is 0 Å². The summed E-state index contributed by atoms with van der Waals surface area (Å²) in [5, 5.41) is 9.69. The van der Waals surface area contributed by atoms with Crippen LogP contribution in [0.25, 0.3) is 27.8 Å². The number of hydrogen-bond acceptors (Lipinski definition) is 4. The molecule has 190 valence electrons. The van der Waals surface area contributed by atoms with Gasteiger partial charge in [0.15, 0.2) is 0 Å². The molecule has 0 radical (unpaired) electrons. The number of imidazole rings is 1. The number of nitrogens with zero attached hydrogens (tertiary/aromatic N) is 4. The minimum atomic E-state index is -3.73. The van der Waals surface area contributed by atoms with E-state index in [1.54, 1.807) is 43.4 Å². The van der Waals surface area contributed by atoms with Gasteiger partial charge in [0.25, 0.3) is 10.0 Å². The summed E-state index contributed by atoms with van der Waals surface area (Å²) in [6.45, 7) is 4.16. The van der Waals surface area contributed by atoms with Crippen LogP contribution in [0.15, 0.2) is 95.9 Å². The van der Waals surface area contributed by atoms with Gasteiger partial charge in [-0.05, 0) is 72.5 Å². The highest BCUT2D eigenvalue weighted by Gasteiger charge is 2.23. The van der Waals surface area contributed by atoms with Gasteiger partial charge in [0, 0.05) is 13.5 Å². The standard InChI is InChI=1S/C31H28N4O2S/c1-4-11-31-33-28-19-18-24(34(3)38(36,37)25-13-6-5-7-14-25)20-30(28)35(31)29-17-10-16-26(22(29)2)27-15-9-8-12-23(27)21-32/h5-10,12-20H,4,11H2,1-3H3. The van der Waals surface area contributed by atoms with Crippen LogP contribution >= 0.6 is 0 Å². The van der Waals surface area contributed by atoms with Crippen LogP contribution in [0.2, 0.25) is 0 Å². The lowest BCUT2D eigenvalue weighted by atomic mass is 9.95. The molecule has 0 fully saturated rings. The number of fused-ring (bicyclic) bond motifs is 1. The van der Waals surface area contributed by atoms with Crippen molar-refractivity contribution < 1.29 is 8.42 Å². The van der Waals surface area contributed by atoms with Crippen molar-refractivity contribution in [2.24, 2.45) is 0 Å². The van der Waals surface area contributed by atoms with Gasteiger partial charge in [-0.15, -0.1) is 0 Å². The molecule has 0 amide bonds. The average Bonchev–Trinajstić information content (AvgIpc) is 3.30. The number of anilines is 1. The topological polar surface area (TPSA) is 79.0 Å². The van der Waals surface area contributed by atoms with E-state index in [1.807, 2.05) is 54.6 Å². The van der Waals surface area contributed by atoms with Crippen LogP contribution in [0.4, 0.5) is 5.69 Å². The molecule has 0 spiro atoms. The molecule has 0 bridgehead atoms. The Labute approximate surface area is 223 Å². The molecule has 1 heterocycles. The molecule has 38 heavy (non-hydrogen) atoms. The number of hydrogen-bond donors (Lipinski definition) is 0. The normalized spacial score (nSPS) is 11.4. The third-order valence-corrected chi connectivity index (χ3v) is 8.63. The summed E-state index contributed by atoms with van der Waals surface area (Å²) in [7, 11) is -2.16. The van der Waals surface area contributed by atoms with Crippen molar-refractivity contribution in [2.75, 3.05) is 11.4 Å². The highest BCUT2D eigenvalue weighted by atomic mass is 32.2. The van der Waals surface area contributed by atoms with Gasteiger partial charge in [-0.25, -0.2) is 13.4 Å². The van der Waals surface area contributed by atoms with E-state index < -0.39 is 10.0 Å². The summed E-state index contributed by atoms with van der Waals surface area (Å²) in [6, 6.07) is 29.9. The smallest absolute Gasteiger partial charge is 0.264 e. The summed E-state index contributed by atoms with van der Waals surface area (Å²) in [5.41, 5.74) is 6.62. The summed E-state index contributed by atoms with van der Waals surface area (Å²) in [5.74, 6) is 0.905. The molecule has 0 saturated heterocycles. The minimum Gasteiger partial charge on any atom is -0.296 e. The molecule has 7 heteroatoms. The first kappa shape index (κ1) is 25.2. The van der Waals surface area contributed by atoms with Crippen LogP contribution in [0.5, 0.6) is 0 Å². The van der Waals surface area contributed by atoms with E-state index in [0.717, 1.165) is 52.1 Å². The van der Waals surface area contributed by atoms with E-state index >= 15 is 0 Å². The Hall–Kier alpha value is -4.41. The summed E-state index contributed by atoms with van der Waals surface area (Å²) >= 11 is 0. The zero-order valence-corrected chi connectivity index (χ0v) is 22.4. The van der Waals surface area contributed by atoms with Crippen LogP contribution in [0.1, 0.15) is 30.3 Å². The van der Waals surface area contributed by atoms with E-state index in [4.69, 9.17) is 4.98 Å². The summed E-state index contributed by atoms with van der Waals surface area (Å²) in [6.07, 6.45) is 1.68. The van der Waals surface area contributed by atoms with Crippen LogP contribution in [0.3, 0.4) is 0 Å². The Kier molecular flexibility index (Phi) is 6.75. The Morgan fingerprint density at radius 1 is 0.921 bits per heavy atom. The van der Waals surface area contributed by atoms with Crippen LogP contribution in [-0.4, -0.2) is 25.0 Å². The highest BCUT2D eigenvalue weighted by molar-refractivity contribution is 7.92. The minimum absolute atomic E-state index is 0.238. The van der Waals surface area contributed by atoms with Gasteiger partial charge in [0.1, 0.15) is 5.82 Å². The number of benzene rings is 4. The Morgan fingerprint density at radius 3 is 2.37 bits per heavy atom. The quantitative estimate of drug-likeness (QED) is 0.241. The van der Waals surface area contributed by atoms with Gasteiger partial charge in [0.2, 0.25) is 0 Å². The predicted molar refractivity (Wildman–Crippen MR) is 152 cm³/mol. The van der Waals surface area contributed by atoms with E-state index in [9.17, 15) is 13.7 Å². The van der Waals surface area contributed by atoms with Crippen molar-refractivity contribution >= 4 is 26.7 Å². The summed E-state index contributed by atoms with van der Waals surface area (Å²) < 4.78 is 30.1. The first-order valence-electron chi connectivity index (χ1n) is 12.5. The molecule has 0 saturated carbocycles. The maximum atomic E-state index is 13.3. The average molecular weight is 521 g/mol. The molecule has 0 aliphatic heterocycles. The lowest BCUT2D eigenvalue weighted by Gasteiger charge is -2.20. The first-order chi connectivity index (χ1) is 18.4. The Balaban J connectivity index is 1.70. The molecular formula is C31H28N4O2S. The van der Waals surface area contributed by atoms with Crippen LogP contribution < -0.4 is 4.31 Å². The number of nitriles is 1. The fourth-order valence-electron chi connectivity index (χ4n) is 4.83. The SMILES string of the molecule is CCCc1nc2ccc(N(C)S(=O)(=O)c3ccccc3)cc2n1-c1cccc(-c2ccccc2C#N)c1C. The third kappa shape index (κ3) is 4.33. The fraction of sp³-hybridized carbons (Fsp3) is 0.161. The van der Waals surface area contributed by atoms with E-state index in [-0.39, 0.29) is 4.90 Å².